The molecule has 14 heavy (non-hydrogen) atoms. The summed E-state index contributed by atoms with van der Waals surface area (Å²) in [5.41, 5.74) is 1.58. The maximum atomic E-state index is 10.9. The fraction of sp³-hybridized carbons (Fsp3) is 0.200. The van der Waals surface area contributed by atoms with E-state index in [1.165, 1.54) is 0 Å². The number of rotatable bonds is 1. The Morgan fingerprint density at radius 1 is 1.50 bits per heavy atom. The third-order valence-corrected chi connectivity index (χ3v) is 2.19. The zero-order chi connectivity index (χ0) is 9.97. The van der Waals surface area contributed by atoms with Gasteiger partial charge in [0.15, 0.2) is 0 Å². The van der Waals surface area contributed by atoms with Gasteiger partial charge in [-0.1, -0.05) is 12.1 Å². The molecule has 1 atom stereocenters. The SMILES string of the molecule is N#Cc1cccc(C2CNC(=O)N2)c1. The lowest BCUT2D eigenvalue weighted by molar-refractivity contribution is 0.247. The number of carbonyl (C=O) groups is 1. The summed E-state index contributed by atoms with van der Waals surface area (Å²) < 4.78 is 0. The molecule has 2 rings (SSSR count). The number of urea groups is 1. The Kier molecular flexibility index (Phi) is 2.07. The Morgan fingerprint density at radius 2 is 2.36 bits per heavy atom. The number of hydrogen-bond acceptors (Lipinski definition) is 2. The number of benzene rings is 1. The number of hydrogen-bond donors (Lipinski definition) is 2. The van der Waals surface area contributed by atoms with E-state index < -0.39 is 0 Å². The lowest BCUT2D eigenvalue weighted by Gasteiger charge is -2.08. The van der Waals surface area contributed by atoms with Crippen molar-refractivity contribution in [1.29, 1.82) is 5.26 Å². The molecule has 1 saturated heterocycles. The fourth-order valence-corrected chi connectivity index (χ4v) is 1.48. The van der Waals surface area contributed by atoms with Crippen LogP contribution in [-0.2, 0) is 0 Å². The van der Waals surface area contributed by atoms with Crippen LogP contribution in [0.1, 0.15) is 17.2 Å². The predicted octanol–water partition coefficient (Wildman–Crippen LogP) is 0.912. The third-order valence-electron chi connectivity index (χ3n) is 2.19. The van der Waals surface area contributed by atoms with Crippen LogP contribution in [0.3, 0.4) is 0 Å². The first-order valence-electron chi connectivity index (χ1n) is 4.34. The number of carbonyl (C=O) groups excluding carboxylic acids is 1. The Hall–Kier alpha value is -2.02. The van der Waals surface area contributed by atoms with Crippen LogP contribution >= 0.6 is 0 Å². The van der Waals surface area contributed by atoms with Gasteiger partial charge in [-0.3, -0.25) is 0 Å². The average Bonchev–Trinajstić information content (AvgIpc) is 2.65. The Morgan fingerprint density at radius 3 is 3.00 bits per heavy atom. The van der Waals surface area contributed by atoms with Crippen LogP contribution < -0.4 is 10.6 Å². The molecule has 2 amide bonds. The Labute approximate surface area is 81.5 Å². The van der Waals surface area contributed by atoms with E-state index in [0.29, 0.717) is 12.1 Å². The topological polar surface area (TPSA) is 64.9 Å². The molecule has 70 valence electrons. The van der Waals surface area contributed by atoms with Gasteiger partial charge in [0.1, 0.15) is 0 Å². The minimum atomic E-state index is -0.155. The molecule has 0 bridgehead atoms. The predicted molar refractivity (Wildman–Crippen MR) is 50.4 cm³/mol. The molecule has 1 unspecified atom stereocenters. The molecule has 0 saturated carbocycles. The van der Waals surface area contributed by atoms with Crippen LogP contribution in [0.25, 0.3) is 0 Å². The summed E-state index contributed by atoms with van der Waals surface area (Å²) in [6, 6.07) is 9.15. The van der Waals surface area contributed by atoms with E-state index in [2.05, 4.69) is 16.7 Å². The van der Waals surface area contributed by atoms with Crippen molar-refractivity contribution in [3.63, 3.8) is 0 Å². The van der Waals surface area contributed by atoms with Gasteiger partial charge in [-0.2, -0.15) is 5.26 Å². The minimum absolute atomic E-state index is 0.0178. The van der Waals surface area contributed by atoms with Gasteiger partial charge in [0.25, 0.3) is 0 Å². The second-order valence-corrected chi connectivity index (χ2v) is 3.14. The highest BCUT2D eigenvalue weighted by Gasteiger charge is 2.21. The first kappa shape index (κ1) is 8.57. The molecule has 1 aliphatic heterocycles. The van der Waals surface area contributed by atoms with Crippen molar-refractivity contribution >= 4 is 6.03 Å². The summed E-state index contributed by atoms with van der Waals surface area (Å²) in [6.07, 6.45) is 0. The van der Waals surface area contributed by atoms with Gasteiger partial charge in [-0.15, -0.1) is 0 Å². The highest BCUT2D eigenvalue weighted by Crippen LogP contribution is 2.16. The monoisotopic (exact) mass is 187 g/mol. The second kappa shape index (κ2) is 3.38. The van der Waals surface area contributed by atoms with E-state index in [-0.39, 0.29) is 12.1 Å². The van der Waals surface area contributed by atoms with E-state index in [1.54, 1.807) is 12.1 Å². The summed E-state index contributed by atoms with van der Waals surface area (Å²) in [7, 11) is 0. The first-order valence-corrected chi connectivity index (χ1v) is 4.34. The maximum Gasteiger partial charge on any atom is 0.315 e. The summed E-state index contributed by atoms with van der Waals surface area (Å²) in [5, 5.41) is 14.1. The van der Waals surface area contributed by atoms with Crippen molar-refractivity contribution in [1.82, 2.24) is 10.6 Å². The standard InChI is InChI=1S/C10H9N3O/c11-5-7-2-1-3-8(4-7)9-6-12-10(14)13-9/h1-4,9H,6H2,(H2,12,13,14). The second-order valence-electron chi connectivity index (χ2n) is 3.14. The zero-order valence-electron chi connectivity index (χ0n) is 7.45. The number of amides is 2. The van der Waals surface area contributed by atoms with Crippen molar-refractivity contribution in [3.8, 4) is 6.07 Å². The van der Waals surface area contributed by atoms with Crippen molar-refractivity contribution in [2.75, 3.05) is 6.54 Å². The van der Waals surface area contributed by atoms with Crippen molar-refractivity contribution in [2.24, 2.45) is 0 Å². The van der Waals surface area contributed by atoms with Gasteiger partial charge in [-0.25, -0.2) is 4.79 Å². The smallest absolute Gasteiger partial charge is 0.315 e. The summed E-state index contributed by atoms with van der Waals surface area (Å²) in [4.78, 5) is 10.9. The number of nitrogens with zero attached hydrogens (tertiary/aromatic N) is 1. The van der Waals surface area contributed by atoms with E-state index in [0.717, 1.165) is 5.56 Å². The molecule has 0 aliphatic carbocycles. The van der Waals surface area contributed by atoms with Gasteiger partial charge in [0, 0.05) is 6.54 Å². The van der Waals surface area contributed by atoms with Crippen molar-refractivity contribution in [2.45, 2.75) is 6.04 Å². The molecule has 0 aromatic heterocycles. The van der Waals surface area contributed by atoms with Crippen LogP contribution in [0.4, 0.5) is 4.79 Å². The van der Waals surface area contributed by atoms with Gasteiger partial charge >= 0.3 is 6.03 Å². The zero-order valence-corrected chi connectivity index (χ0v) is 7.45. The molecule has 1 heterocycles. The first-order chi connectivity index (χ1) is 6.79. The van der Waals surface area contributed by atoms with Gasteiger partial charge in [0.05, 0.1) is 17.7 Å². The lowest BCUT2D eigenvalue weighted by Crippen LogP contribution is -2.21. The largest absolute Gasteiger partial charge is 0.336 e. The van der Waals surface area contributed by atoms with E-state index in [4.69, 9.17) is 5.26 Å². The van der Waals surface area contributed by atoms with Crippen LogP contribution in [0.2, 0.25) is 0 Å². The molecular weight excluding hydrogens is 178 g/mol. The molecule has 4 nitrogen and oxygen atoms in total. The van der Waals surface area contributed by atoms with Crippen molar-refractivity contribution in [3.05, 3.63) is 35.4 Å². The third kappa shape index (κ3) is 1.52. The summed E-state index contributed by atoms with van der Waals surface area (Å²) in [6.45, 7) is 0.577. The molecule has 4 heteroatoms. The maximum absolute atomic E-state index is 10.9. The molecule has 1 fully saturated rings. The molecule has 1 aromatic carbocycles. The van der Waals surface area contributed by atoms with Crippen LogP contribution in [0, 0.1) is 11.3 Å². The lowest BCUT2D eigenvalue weighted by atomic mass is 10.1. The quantitative estimate of drug-likeness (QED) is 0.686. The molecule has 1 aliphatic rings. The average molecular weight is 187 g/mol. The molecule has 1 aromatic rings. The van der Waals surface area contributed by atoms with Crippen molar-refractivity contribution < 1.29 is 4.79 Å². The highest BCUT2D eigenvalue weighted by molar-refractivity contribution is 5.76. The van der Waals surface area contributed by atoms with Gasteiger partial charge in [-0.05, 0) is 17.7 Å². The normalized spacial score (nSPS) is 19.6. The Bertz CT molecular complexity index is 408. The fourth-order valence-electron chi connectivity index (χ4n) is 1.48. The number of nitriles is 1. The highest BCUT2D eigenvalue weighted by atomic mass is 16.2. The Balaban J connectivity index is 2.24. The van der Waals surface area contributed by atoms with Crippen LogP contribution in [0.15, 0.2) is 24.3 Å². The van der Waals surface area contributed by atoms with E-state index in [9.17, 15) is 4.79 Å². The van der Waals surface area contributed by atoms with Gasteiger partial charge < -0.3 is 10.6 Å². The molecule has 2 N–H and O–H groups in total. The van der Waals surface area contributed by atoms with Crippen LogP contribution in [-0.4, -0.2) is 12.6 Å². The van der Waals surface area contributed by atoms with E-state index in [1.807, 2.05) is 12.1 Å². The van der Waals surface area contributed by atoms with Gasteiger partial charge in [0.2, 0.25) is 0 Å². The molecular formula is C10H9N3O. The molecule has 0 spiro atoms. The molecule has 0 radical (unpaired) electrons. The minimum Gasteiger partial charge on any atom is -0.336 e. The summed E-state index contributed by atoms with van der Waals surface area (Å²) in [5.74, 6) is 0. The number of nitrogens with one attached hydrogen (secondary N) is 2. The van der Waals surface area contributed by atoms with Crippen LogP contribution in [0.5, 0.6) is 0 Å². The van der Waals surface area contributed by atoms with E-state index >= 15 is 0 Å². The summed E-state index contributed by atoms with van der Waals surface area (Å²) >= 11 is 0.